The van der Waals surface area contributed by atoms with Crippen LogP contribution in [0.5, 0.6) is 0 Å². The minimum atomic E-state index is -0.439. The normalized spacial score (nSPS) is 15.2. The minimum Gasteiger partial charge on any atom is -0.318 e. The van der Waals surface area contributed by atoms with Crippen LogP contribution in [0.25, 0.3) is 11.8 Å². The highest BCUT2D eigenvalue weighted by molar-refractivity contribution is 8.19. The number of nitro benzene ring substituents is 1. The van der Waals surface area contributed by atoms with Crippen LogP contribution in [0.15, 0.2) is 59.5 Å². The van der Waals surface area contributed by atoms with Gasteiger partial charge in [0, 0.05) is 28.5 Å². The Labute approximate surface area is 187 Å². The highest BCUT2D eigenvalue weighted by atomic mass is 35.5. The third-order valence-corrected chi connectivity index (χ3v) is 6.06. The fourth-order valence-electron chi connectivity index (χ4n) is 3.50. The number of aryl methyl sites for hydroxylation is 1. The minimum absolute atomic E-state index is 0.00404. The lowest BCUT2D eigenvalue weighted by Crippen LogP contribution is -2.27. The highest BCUT2D eigenvalue weighted by Crippen LogP contribution is 2.37. The van der Waals surface area contributed by atoms with Gasteiger partial charge in [-0.3, -0.25) is 19.7 Å². The average Bonchev–Trinajstić information content (AvgIpc) is 3.17. The lowest BCUT2D eigenvalue weighted by Gasteiger charge is -2.12. The Kier molecular flexibility index (Phi) is 5.43. The molecule has 0 spiro atoms. The van der Waals surface area contributed by atoms with Crippen molar-refractivity contribution in [1.82, 2.24) is 4.57 Å². The first-order chi connectivity index (χ1) is 14.8. The van der Waals surface area contributed by atoms with Crippen LogP contribution in [0.4, 0.5) is 16.2 Å². The van der Waals surface area contributed by atoms with Crippen LogP contribution < -0.4 is 4.90 Å². The first-order valence-corrected chi connectivity index (χ1v) is 10.4. The molecule has 2 heterocycles. The van der Waals surface area contributed by atoms with Gasteiger partial charge >= 0.3 is 0 Å². The summed E-state index contributed by atoms with van der Waals surface area (Å²) >= 11 is 6.76. The predicted molar refractivity (Wildman–Crippen MR) is 122 cm³/mol. The summed E-state index contributed by atoms with van der Waals surface area (Å²) in [7, 11) is 0. The van der Waals surface area contributed by atoms with Crippen molar-refractivity contribution < 1.29 is 14.5 Å². The molecular formula is C22H16ClN3O4S. The number of rotatable bonds is 4. The van der Waals surface area contributed by atoms with Crippen molar-refractivity contribution >= 4 is 52.0 Å². The zero-order valence-corrected chi connectivity index (χ0v) is 18.1. The number of hydrogen-bond acceptors (Lipinski definition) is 5. The van der Waals surface area contributed by atoms with Crippen LogP contribution in [0.3, 0.4) is 0 Å². The van der Waals surface area contributed by atoms with Crippen LogP contribution in [-0.4, -0.2) is 20.6 Å². The Morgan fingerprint density at radius 3 is 2.42 bits per heavy atom. The Bertz CT molecular complexity index is 1260. The summed E-state index contributed by atoms with van der Waals surface area (Å²) in [6.45, 7) is 3.74. The van der Waals surface area contributed by atoms with E-state index in [4.69, 9.17) is 11.6 Å². The zero-order valence-electron chi connectivity index (χ0n) is 16.5. The number of thioether (sulfide) groups is 1. The van der Waals surface area contributed by atoms with E-state index in [0.29, 0.717) is 21.3 Å². The van der Waals surface area contributed by atoms with Crippen molar-refractivity contribution in [2.24, 2.45) is 0 Å². The third-order valence-electron chi connectivity index (χ3n) is 4.93. The molecule has 7 nitrogen and oxygen atoms in total. The van der Waals surface area contributed by atoms with E-state index in [1.54, 1.807) is 42.5 Å². The molecule has 1 saturated heterocycles. The zero-order chi connectivity index (χ0) is 22.3. The molecule has 0 unspecified atom stereocenters. The van der Waals surface area contributed by atoms with Crippen LogP contribution in [0.2, 0.25) is 5.02 Å². The summed E-state index contributed by atoms with van der Waals surface area (Å²) in [5.74, 6) is -0.405. The summed E-state index contributed by atoms with van der Waals surface area (Å²) in [6.07, 6.45) is 1.68. The van der Waals surface area contributed by atoms with Gasteiger partial charge in [0.1, 0.15) is 0 Å². The average molecular weight is 454 g/mol. The SMILES string of the molecule is Cc1cc(/C=C2\SC(=O)N(c3ccc(Cl)cc3)C2=O)c(C)n1-c1cccc([N+](=O)[O-])c1. The van der Waals surface area contributed by atoms with Crippen molar-refractivity contribution in [3.05, 3.63) is 91.6 Å². The van der Waals surface area contributed by atoms with Gasteiger partial charge in [-0.2, -0.15) is 0 Å². The van der Waals surface area contributed by atoms with Crippen molar-refractivity contribution in [2.45, 2.75) is 13.8 Å². The molecule has 0 atom stereocenters. The molecule has 0 aliphatic carbocycles. The van der Waals surface area contributed by atoms with E-state index in [1.165, 1.54) is 12.1 Å². The van der Waals surface area contributed by atoms with Crippen molar-refractivity contribution in [1.29, 1.82) is 0 Å². The first-order valence-electron chi connectivity index (χ1n) is 9.23. The summed E-state index contributed by atoms with van der Waals surface area (Å²) in [5.41, 5.74) is 3.51. The molecule has 3 aromatic rings. The van der Waals surface area contributed by atoms with Gasteiger partial charge in [-0.15, -0.1) is 0 Å². The van der Waals surface area contributed by atoms with Crippen molar-refractivity contribution in [3.63, 3.8) is 0 Å². The van der Waals surface area contributed by atoms with Gasteiger partial charge in [-0.25, -0.2) is 4.90 Å². The smallest absolute Gasteiger partial charge is 0.298 e. The molecule has 0 N–H and O–H groups in total. The fourth-order valence-corrected chi connectivity index (χ4v) is 4.46. The molecule has 2 aromatic carbocycles. The van der Waals surface area contributed by atoms with Crippen LogP contribution >= 0.6 is 23.4 Å². The second kappa shape index (κ2) is 8.05. The van der Waals surface area contributed by atoms with Crippen LogP contribution in [0.1, 0.15) is 17.0 Å². The third kappa shape index (κ3) is 3.87. The molecule has 1 aliphatic rings. The monoisotopic (exact) mass is 453 g/mol. The standard InChI is InChI=1S/C22H16ClN3O4S/c1-13-10-15(14(2)24(13)18-4-3-5-19(12-18)26(29)30)11-20-21(27)25(22(28)31-20)17-8-6-16(23)7-9-17/h3-12H,1-2H3/b20-11-. The van der Waals surface area contributed by atoms with Gasteiger partial charge in [0.05, 0.1) is 21.2 Å². The number of carbonyl (C=O) groups excluding carboxylic acids is 2. The topological polar surface area (TPSA) is 85.5 Å². The Morgan fingerprint density at radius 1 is 1.03 bits per heavy atom. The van der Waals surface area contributed by atoms with E-state index >= 15 is 0 Å². The van der Waals surface area contributed by atoms with Crippen molar-refractivity contribution in [2.75, 3.05) is 4.90 Å². The lowest BCUT2D eigenvalue weighted by molar-refractivity contribution is -0.384. The number of nitrogens with zero attached hydrogens (tertiary/aromatic N) is 3. The molecule has 2 amide bonds. The van der Waals surface area contributed by atoms with E-state index in [2.05, 4.69) is 0 Å². The fraction of sp³-hybridized carbons (Fsp3) is 0.0909. The number of benzene rings is 2. The van der Waals surface area contributed by atoms with E-state index in [9.17, 15) is 19.7 Å². The van der Waals surface area contributed by atoms with E-state index in [-0.39, 0.29) is 10.9 Å². The molecule has 9 heteroatoms. The highest BCUT2D eigenvalue weighted by Gasteiger charge is 2.36. The van der Waals surface area contributed by atoms with Gasteiger partial charge < -0.3 is 4.57 Å². The molecular weight excluding hydrogens is 438 g/mol. The predicted octanol–water partition coefficient (Wildman–Crippen LogP) is 5.90. The second-order valence-electron chi connectivity index (χ2n) is 6.93. The number of imide groups is 1. The molecule has 31 heavy (non-hydrogen) atoms. The largest absolute Gasteiger partial charge is 0.318 e. The summed E-state index contributed by atoms with van der Waals surface area (Å²) in [4.78, 5) is 37.5. The molecule has 1 aliphatic heterocycles. The van der Waals surface area contributed by atoms with E-state index < -0.39 is 10.8 Å². The van der Waals surface area contributed by atoms with Gasteiger partial charge in [-0.1, -0.05) is 17.7 Å². The second-order valence-corrected chi connectivity index (χ2v) is 8.36. The maximum atomic E-state index is 12.9. The number of amides is 2. The number of aromatic nitrogens is 1. The summed E-state index contributed by atoms with van der Waals surface area (Å²) in [5, 5.41) is 11.3. The summed E-state index contributed by atoms with van der Waals surface area (Å²) < 4.78 is 1.88. The number of halogens is 1. The molecule has 4 rings (SSSR count). The molecule has 0 saturated carbocycles. The maximum Gasteiger partial charge on any atom is 0.298 e. The molecule has 0 bridgehead atoms. The summed E-state index contributed by atoms with van der Waals surface area (Å²) in [6, 6.07) is 14.7. The van der Waals surface area contributed by atoms with Crippen LogP contribution in [-0.2, 0) is 4.79 Å². The number of anilines is 1. The number of nitro groups is 1. The first kappa shape index (κ1) is 20.9. The quantitative estimate of drug-likeness (QED) is 0.279. The molecule has 1 aromatic heterocycles. The number of hydrogen-bond donors (Lipinski definition) is 0. The van der Waals surface area contributed by atoms with Crippen LogP contribution in [0, 0.1) is 24.0 Å². The number of non-ortho nitro benzene ring substituents is 1. The Morgan fingerprint density at radius 2 is 1.74 bits per heavy atom. The maximum absolute atomic E-state index is 12.9. The van der Waals surface area contributed by atoms with E-state index in [1.807, 2.05) is 24.5 Å². The molecule has 156 valence electrons. The van der Waals surface area contributed by atoms with Gasteiger partial charge in [0.15, 0.2) is 0 Å². The number of carbonyl (C=O) groups is 2. The van der Waals surface area contributed by atoms with E-state index in [0.717, 1.165) is 33.6 Å². The molecule has 1 fully saturated rings. The Balaban J connectivity index is 1.70. The lowest BCUT2D eigenvalue weighted by atomic mass is 10.2. The molecule has 0 radical (unpaired) electrons. The van der Waals surface area contributed by atoms with Crippen molar-refractivity contribution in [3.8, 4) is 5.69 Å². The van der Waals surface area contributed by atoms with Gasteiger partial charge in [-0.05, 0) is 73.6 Å². The van der Waals surface area contributed by atoms with Gasteiger partial charge in [0.25, 0.3) is 16.8 Å². The van der Waals surface area contributed by atoms with Gasteiger partial charge in [0.2, 0.25) is 0 Å². The Hall–Kier alpha value is -3.36.